The molecule has 0 saturated carbocycles. The van der Waals surface area contributed by atoms with Crippen molar-refractivity contribution in [3.63, 3.8) is 0 Å². The summed E-state index contributed by atoms with van der Waals surface area (Å²) >= 11 is 0. The van der Waals surface area contributed by atoms with Gasteiger partial charge in [0.1, 0.15) is 11.4 Å². The molecule has 0 aliphatic heterocycles. The van der Waals surface area contributed by atoms with Crippen molar-refractivity contribution >= 4 is 16.8 Å². The Morgan fingerprint density at radius 3 is 2.85 bits per heavy atom. The maximum Gasteiger partial charge on any atom is 0.205 e. The fourth-order valence-electron chi connectivity index (χ4n) is 2.80. The minimum Gasteiger partial charge on any atom is -0.453 e. The van der Waals surface area contributed by atoms with E-state index in [4.69, 9.17) is 4.42 Å². The second kappa shape index (κ2) is 4.04. The summed E-state index contributed by atoms with van der Waals surface area (Å²) in [5, 5.41) is 0.626. The summed E-state index contributed by atoms with van der Waals surface area (Å²) in [4.78, 5) is 12.5. The van der Waals surface area contributed by atoms with Crippen LogP contribution in [0, 0.1) is 5.82 Å². The number of carbonyl (C=O) groups excluding carboxylic acids is 1. The van der Waals surface area contributed by atoms with Gasteiger partial charge in [-0.1, -0.05) is 24.3 Å². The molecule has 0 bridgehead atoms. The van der Waals surface area contributed by atoms with Crippen molar-refractivity contribution in [1.29, 1.82) is 0 Å². The van der Waals surface area contributed by atoms with E-state index >= 15 is 0 Å². The van der Waals surface area contributed by atoms with Gasteiger partial charge in [-0.3, -0.25) is 4.79 Å². The Balaban J connectivity index is 1.72. The first kappa shape index (κ1) is 11.4. The van der Waals surface area contributed by atoms with Crippen LogP contribution in [0.15, 0.2) is 52.9 Å². The lowest BCUT2D eigenvalue weighted by atomic mass is 9.75. The van der Waals surface area contributed by atoms with Crippen LogP contribution in [0.2, 0.25) is 0 Å². The molecule has 2 aromatic carbocycles. The standard InChI is InChI=1S/C17H11FO2/c18-12-5-6-15-11(7-12)9-16(20-15)17(19)14-8-10-3-1-2-4-13(10)14/h1-7,9,14H,8H2. The van der Waals surface area contributed by atoms with E-state index in [0.29, 0.717) is 16.7 Å². The van der Waals surface area contributed by atoms with Gasteiger partial charge < -0.3 is 4.42 Å². The van der Waals surface area contributed by atoms with Crippen molar-refractivity contribution in [2.45, 2.75) is 12.3 Å². The molecule has 0 N–H and O–H groups in total. The molecule has 0 amide bonds. The molecule has 3 heteroatoms. The molecule has 0 fully saturated rings. The molecular formula is C17H11FO2. The van der Waals surface area contributed by atoms with Gasteiger partial charge in [0.25, 0.3) is 0 Å². The lowest BCUT2D eigenvalue weighted by Crippen LogP contribution is -2.24. The smallest absolute Gasteiger partial charge is 0.205 e. The summed E-state index contributed by atoms with van der Waals surface area (Å²) < 4.78 is 18.7. The number of furan rings is 1. The lowest BCUT2D eigenvalue weighted by Gasteiger charge is -2.27. The second-order valence-electron chi connectivity index (χ2n) is 5.11. The molecule has 3 aromatic rings. The van der Waals surface area contributed by atoms with E-state index < -0.39 is 0 Å². The number of Topliss-reactive ketones (excluding diaryl/α,β-unsaturated/α-hetero) is 1. The third kappa shape index (κ3) is 1.59. The van der Waals surface area contributed by atoms with Crippen LogP contribution in [0.3, 0.4) is 0 Å². The summed E-state index contributed by atoms with van der Waals surface area (Å²) in [5.74, 6) is -0.173. The average molecular weight is 266 g/mol. The van der Waals surface area contributed by atoms with Crippen LogP contribution in [0.25, 0.3) is 11.0 Å². The predicted molar refractivity (Wildman–Crippen MR) is 73.4 cm³/mol. The maximum absolute atomic E-state index is 13.2. The van der Waals surface area contributed by atoms with E-state index in [-0.39, 0.29) is 17.5 Å². The SMILES string of the molecule is O=C(c1cc2cc(F)ccc2o1)C1Cc2ccccc21. The molecule has 20 heavy (non-hydrogen) atoms. The quantitative estimate of drug-likeness (QED) is 0.654. The molecule has 0 radical (unpaired) electrons. The largest absolute Gasteiger partial charge is 0.453 e. The second-order valence-corrected chi connectivity index (χ2v) is 5.11. The highest BCUT2D eigenvalue weighted by Crippen LogP contribution is 2.38. The van der Waals surface area contributed by atoms with E-state index in [9.17, 15) is 9.18 Å². The Bertz CT molecular complexity index is 832. The Labute approximate surface area is 114 Å². The van der Waals surface area contributed by atoms with Gasteiger partial charge in [0.05, 0.1) is 5.92 Å². The molecule has 1 aliphatic rings. The summed E-state index contributed by atoms with van der Waals surface area (Å²) in [6.07, 6.45) is 0.750. The number of fused-ring (bicyclic) bond motifs is 2. The molecule has 0 spiro atoms. The zero-order valence-corrected chi connectivity index (χ0v) is 10.6. The lowest BCUT2D eigenvalue weighted by molar-refractivity contribution is 0.0923. The monoisotopic (exact) mass is 266 g/mol. The Morgan fingerprint density at radius 2 is 2.00 bits per heavy atom. The van der Waals surface area contributed by atoms with Crippen molar-refractivity contribution in [2.75, 3.05) is 0 Å². The predicted octanol–water partition coefficient (Wildman–Crippen LogP) is 4.09. The minimum absolute atomic E-state index is 0.0275. The van der Waals surface area contributed by atoms with E-state index in [1.54, 1.807) is 12.1 Å². The fraction of sp³-hybridized carbons (Fsp3) is 0.118. The zero-order valence-electron chi connectivity index (χ0n) is 10.6. The van der Waals surface area contributed by atoms with E-state index in [1.807, 2.05) is 24.3 Å². The van der Waals surface area contributed by atoms with Gasteiger partial charge in [0.15, 0.2) is 5.76 Å². The van der Waals surface area contributed by atoms with Gasteiger partial charge in [0.2, 0.25) is 5.78 Å². The summed E-state index contributed by atoms with van der Waals surface area (Å²) in [5.41, 5.74) is 2.83. The molecule has 1 aromatic heterocycles. The molecule has 1 heterocycles. The van der Waals surface area contributed by atoms with Crippen molar-refractivity contribution < 1.29 is 13.6 Å². The van der Waals surface area contributed by atoms with Crippen LogP contribution in [-0.2, 0) is 6.42 Å². The van der Waals surface area contributed by atoms with Crippen molar-refractivity contribution in [2.24, 2.45) is 0 Å². The number of hydrogen-bond acceptors (Lipinski definition) is 2. The van der Waals surface area contributed by atoms with Gasteiger partial charge >= 0.3 is 0 Å². The first-order chi connectivity index (χ1) is 9.72. The highest BCUT2D eigenvalue weighted by atomic mass is 19.1. The Hall–Kier alpha value is -2.42. The van der Waals surface area contributed by atoms with Crippen molar-refractivity contribution in [3.05, 3.63) is 71.2 Å². The number of ketones is 1. The van der Waals surface area contributed by atoms with Crippen LogP contribution in [0.4, 0.5) is 4.39 Å². The number of rotatable bonds is 2. The van der Waals surface area contributed by atoms with Gasteiger partial charge in [-0.15, -0.1) is 0 Å². The normalized spacial score (nSPS) is 16.8. The van der Waals surface area contributed by atoms with Crippen LogP contribution < -0.4 is 0 Å². The van der Waals surface area contributed by atoms with E-state index in [2.05, 4.69) is 0 Å². The zero-order chi connectivity index (χ0) is 13.7. The third-order valence-corrected chi connectivity index (χ3v) is 3.89. The summed E-state index contributed by atoms with van der Waals surface area (Å²) in [7, 11) is 0. The molecule has 1 unspecified atom stereocenters. The van der Waals surface area contributed by atoms with Gasteiger partial charge in [-0.05, 0) is 41.8 Å². The highest BCUT2D eigenvalue weighted by molar-refractivity contribution is 6.03. The third-order valence-electron chi connectivity index (χ3n) is 3.89. The fourth-order valence-corrected chi connectivity index (χ4v) is 2.80. The first-order valence-electron chi connectivity index (χ1n) is 6.53. The maximum atomic E-state index is 13.2. The van der Waals surface area contributed by atoms with Crippen molar-refractivity contribution in [1.82, 2.24) is 0 Å². The molecule has 0 saturated heterocycles. The summed E-state index contributed by atoms with van der Waals surface area (Å²) in [6.45, 7) is 0. The highest BCUT2D eigenvalue weighted by Gasteiger charge is 2.33. The topological polar surface area (TPSA) is 30.2 Å². The summed E-state index contributed by atoms with van der Waals surface area (Å²) in [6, 6.07) is 13.8. The van der Waals surface area contributed by atoms with Crippen LogP contribution in [0.1, 0.15) is 27.6 Å². The minimum atomic E-state index is -0.328. The Morgan fingerprint density at radius 1 is 1.15 bits per heavy atom. The van der Waals surface area contributed by atoms with Gasteiger partial charge in [0, 0.05) is 5.39 Å². The molecule has 1 atom stereocenters. The van der Waals surface area contributed by atoms with Crippen molar-refractivity contribution in [3.8, 4) is 0 Å². The molecule has 98 valence electrons. The number of hydrogen-bond donors (Lipinski definition) is 0. The molecule has 2 nitrogen and oxygen atoms in total. The Kier molecular flexibility index (Phi) is 2.30. The first-order valence-corrected chi connectivity index (χ1v) is 6.53. The van der Waals surface area contributed by atoms with Crippen LogP contribution >= 0.6 is 0 Å². The van der Waals surface area contributed by atoms with E-state index in [1.165, 1.54) is 17.7 Å². The van der Waals surface area contributed by atoms with Gasteiger partial charge in [-0.25, -0.2) is 4.39 Å². The number of benzene rings is 2. The van der Waals surface area contributed by atoms with Crippen LogP contribution in [-0.4, -0.2) is 5.78 Å². The molecule has 1 aliphatic carbocycles. The number of carbonyl (C=O) groups is 1. The molecule has 4 rings (SSSR count). The average Bonchev–Trinajstić information content (AvgIpc) is 2.83. The molecular weight excluding hydrogens is 255 g/mol. The van der Waals surface area contributed by atoms with E-state index in [0.717, 1.165) is 12.0 Å². The van der Waals surface area contributed by atoms with Crippen LogP contribution in [0.5, 0.6) is 0 Å². The number of halogens is 1. The van der Waals surface area contributed by atoms with Gasteiger partial charge in [-0.2, -0.15) is 0 Å².